The second-order valence-electron chi connectivity index (χ2n) is 6.98. The first-order chi connectivity index (χ1) is 15.3. The number of aryl methyl sites for hydroxylation is 1. The summed E-state index contributed by atoms with van der Waals surface area (Å²) < 4.78 is 31.0. The minimum absolute atomic E-state index is 0.0415. The molecular weight excluding hydrogens is 450 g/mol. The van der Waals surface area contributed by atoms with E-state index in [0.29, 0.717) is 21.7 Å². The van der Waals surface area contributed by atoms with Crippen molar-refractivity contribution in [2.75, 3.05) is 5.32 Å². The van der Waals surface area contributed by atoms with Crippen LogP contribution in [0.25, 0.3) is 11.0 Å². The Morgan fingerprint density at radius 1 is 0.969 bits per heavy atom. The maximum absolute atomic E-state index is 13.0. The number of sulfonamides is 1. The molecule has 2 N–H and O–H groups in total. The van der Waals surface area contributed by atoms with Crippen LogP contribution >= 0.6 is 11.6 Å². The number of benzene rings is 3. The lowest BCUT2D eigenvalue weighted by atomic mass is 10.1. The Labute approximate surface area is 189 Å². The Kier molecular flexibility index (Phi) is 5.98. The fourth-order valence-electron chi connectivity index (χ4n) is 2.92. The Morgan fingerprint density at radius 2 is 1.66 bits per heavy atom. The minimum atomic E-state index is -3.96. The van der Waals surface area contributed by atoms with Gasteiger partial charge in [-0.05, 0) is 55.5 Å². The van der Waals surface area contributed by atoms with Crippen molar-refractivity contribution in [2.45, 2.75) is 11.8 Å². The van der Waals surface area contributed by atoms with E-state index in [4.69, 9.17) is 16.0 Å². The third kappa shape index (κ3) is 4.82. The van der Waals surface area contributed by atoms with Crippen LogP contribution in [-0.4, -0.2) is 14.3 Å². The van der Waals surface area contributed by atoms with Crippen LogP contribution in [0.3, 0.4) is 0 Å². The van der Waals surface area contributed by atoms with E-state index in [1.807, 2.05) is 6.92 Å². The first-order valence-corrected chi connectivity index (χ1v) is 11.4. The minimum Gasteiger partial charge on any atom is -0.436 e. The molecule has 0 unspecified atom stereocenters. The van der Waals surface area contributed by atoms with Gasteiger partial charge >= 0.3 is 0 Å². The highest BCUT2D eigenvalue weighted by Gasteiger charge is 2.16. The number of hydrogen-bond donors (Lipinski definition) is 2. The average molecular weight is 468 g/mol. The molecule has 0 saturated heterocycles. The molecule has 162 valence electrons. The Morgan fingerprint density at radius 3 is 2.38 bits per heavy atom. The summed E-state index contributed by atoms with van der Waals surface area (Å²) >= 11 is 5.89. The Balaban J connectivity index is 1.74. The molecule has 1 heterocycles. The van der Waals surface area contributed by atoms with Crippen molar-refractivity contribution in [3.8, 4) is 0 Å². The van der Waals surface area contributed by atoms with E-state index < -0.39 is 15.9 Å². The quantitative estimate of drug-likeness (QED) is 0.423. The highest BCUT2D eigenvalue weighted by Crippen LogP contribution is 2.16. The molecule has 9 heteroatoms. The molecule has 3 aromatic carbocycles. The van der Waals surface area contributed by atoms with Crippen molar-refractivity contribution in [2.24, 2.45) is 5.10 Å². The summed E-state index contributed by atoms with van der Waals surface area (Å²) in [6.07, 6.45) is 0. The molecule has 32 heavy (non-hydrogen) atoms. The summed E-state index contributed by atoms with van der Waals surface area (Å²) in [5, 5.41) is 7.84. The fraction of sp³-hybridized carbons (Fsp3) is 0.0435. The Hall–Kier alpha value is -3.62. The SMILES string of the molecule is Cc1ccc(S(=O)(=O)NN=c2oc3ccccc3cc2C(=O)Nc2ccc(Cl)cc2)cc1. The second-order valence-corrected chi connectivity index (χ2v) is 9.08. The number of amides is 1. The lowest BCUT2D eigenvalue weighted by Crippen LogP contribution is -2.27. The average Bonchev–Trinajstić information content (AvgIpc) is 2.79. The lowest BCUT2D eigenvalue weighted by molar-refractivity contribution is 0.102. The van der Waals surface area contributed by atoms with E-state index in [9.17, 15) is 13.2 Å². The number of fused-ring (bicyclic) bond motifs is 1. The molecule has 7 nitrogen and oxygen atoms in total. The summed E-state index contributed by atoms with van der Waals surface area (Å²) in [6, 6.07) is 21.5. The lowest BCUT2D eigenvalue weighted by Gasteiger charge is -2.08. The molecule has 0 atom stereocenters. The molecule has 0 saturated carbocycles. The van der Waals surface area contributed by atoms with Gasteiger partial charge in [-0.15, -0.1) is 5.10 Å². The van der Waals surface area contributed by atoms with E-state index in [-0.39, 0.29) is 16.0 Å². The molecule has 4 aromatic rings. The predicted molar refractivity (Wildman–Crippen MR) is 123 cm³/mol. The molecule has 0 aliphatic rings. The number of halogens is 1. The van der Waals surface area contributed by atoms with Gasteiger partial charge in [0, 0.05) is 16.1 Å². The molecule has 1 amide bonds. The zero-order valence-electron chi connectivity index (χ0n) is 16.9. The number of hydrogen-bond acceptors (Lipinski definition) is 5. The van der Waals surface area contributed by atoms with Crippen LogP contribution in [0.1, 0.15) is 15.9 Å². The van der Waals surface area contributed by atoms with Gasteiger partial charge in [-0.25, -0.2) is 0 Å². The van der Waals surface area contributed by atoms with Gasteiger partial charge in [0.15, 0.2) is 0 Å². The summed E-state index contributed by atoms with van der Waals surface area (Å²) in [4.78, 5) is 15.1. The summed E-state index contributed by atoms with van der Waals surface area (Å²) in [5.74, 6) is -0.518. The molecule has 0 aliphatic heterocycles. The van der Waals surface area contributed by atoms with Crippen LogP contribution in [-0.2, 0) is 10.0 Å². The van der Waals surface area contributed by atoms with Crippen molar-refractivity contribution in [3.63, 3.8) is 0 Å². The van der Waals surface area contributed by atoms with Crippen LogP contribution in [0.4, 0.5) is 5.69 Å². The monoisotopic (exact) mass is 467 g/mol. The fourth-order valence-corrected chi connectivity index (χ4v) is 3.85. The molecule has 0 spiro atoms. The molecule has 0 radical (unpaired) electrons. The first kappa shape index (κ1) is 21.6. The van der Waals surface area contributed by atoms with E-state index in [0.717, 1.165) is 5.56 Å². The van der Waals surface area contributed by atoms with Gasteiger partial charge in [0.05, 0.1) is 4.90 Å². The summed E-state index contributed by atoms with van der Waals surface area (Å²) in [7, 11) is -3.96. The van der Waals surface area contributed by atoms with Crippen LogP contribution in [0.15, 0.2) is 93.3 Å². The standard InChI is InChI=1S/C23H18ClN3O4S/c1-15-6-12-19(13-7-15)32(29,30)27-26-23-20(14-16-4-2-3-5-21(16)31-23)22(28)25-18-10-8-17(24)9-11-18/h2-14,27H,1H3,(H,25,28). The maximum Gasteiger partial charge on any atom is 0.276 e. The van der Waals surface area contributed by atoms with Crippen molar-refractivity contribution >= 4 is 44.2 Å². The maximum atomic E-state index is 13.0. The van der Waals surface area contributed by atoms with Gasteiger partial charge in [0.1, 0.15) is 11.1 Å². The number of anilines is 1. The van der Waals surface area contributed by atoms with Crippen LogP contribution < -0.4 is 15.7 Å². The molecule has 0 aliphatic carbocycles. The zero-order valence-corrected chi connectivity index (χ0v) is 18.4. The first-order valence-electron chi connectivity index (χ1n) is 9.54. The number of nitrogens with one attached hydrogen (secondary N) is 2. The number of carbonyl (C=O) groups excluding carboxylic acids is 1. The van der Waals surface area contributed by atoms with Gasteiger partial charge in [-0.3, -0.25) is 4.79 Å². The second kappa shape index (κ2) is 8.86. The third-order valence-corrected chi connectivity index (χ3v) is 6.08. The van der Waals surface area contributed by atoms with Crippen molar-refractivity contribution in [1.82, 2.24) is 4.83 Å². The van der Waals surface area contributed by atoms with Crippen molar-refractivity contribution in [3.05, 3.63) is 101 Å². The molecule has 0 bridgehead atoms. The smallest absolute Gasteiger partial charge is 0.276 e. The van der Waals surface area contributed by atoms with Crippen LogP contribution in [0.5, 0.6) is 0 Å². The van der Waals surface area contributed by atoms with Gasteiger partial charge in [-0.2, -0.15) is 13.2 Å². The largest absolute Gasteiger partial charge is 0.436 e. The summed E-state index contributed by atoms with van der Waals surface area (Å²) in [5.41, 5.74) is 1.77. The number of rotatable bonds is 5. The Bertz CT molecular complexity index is 1460. The van der Waals surface area contributed by atoms with Crippen LogP contribution in [0.2, 0.25) is 5.02 Å². The van der Waals surface area contributed by atoms with Crippen LogP contribution in [0, 0.1) is 6.92 Å². The predicted octanol–water partition coefficient (Wildman–Crippen LogP) is 4.44. The normalized spacial score (nSPS) is 12.0. The molecule has 4 rings (SSSR count). The van der Waals surface area contributed by atoms with Crippen molar-refractivity contribution in [1.29, 1.82) is 0 Å². The van der Waals surface area contributed by atoms with Gasteiger partial charge in [-0.1, -0.05) is 47.5 Å². The number of nitrogens with zero attached hydrogens (tertiary/aromatic N) is 1. The van der Waals surface area contributed by atoms with E-state index >= 15 is 0 Å². The highest BCUT2D eigenvalue weighted by atomic mass is 35.5. The van der Waals surface area contributed by atoms with Gasteiger partial charge in [0.2, 0.25) is 5.55 Å². The molecule has 0 fully saturated rings. The van der Waals surface area contributed by atoms with E-state index in [1.165, 1.54) is 12.1 Å². The van der Waals surface area contributed by atoms with E-state index in [1.54, 1.807) is 66.7 Å². The zero-order chi connectivity index (χ0) is 22.7. The topological polar surface area (TPSA) is 101 Å². The number of para-hydroxylation sites is 1. The third-order valence-electron chi connectivity index (χ3n) is 4.60. The van der Waals surface area contributed by atoms with E-state index in [2.05, 4.69) is 15.2 Å². The molecular formula is C23H18ClN3O4S. The number of carbonyl (C=O) groups is 1. The molecule has 1 aromatic heterocycles. The summed E-state index contributed by atoms with van der Waals surface area (Å²) in [6.45, 7) is 1.85. The van der Waals surface area contributed by atoms with Gasteiger partial charge in [0.25, 0.3) is 15.9 Å². The highest BCUT2D eigenvalue weighted by molar-refractivity contribution is 7.89. The van der Waals surface area contributed by atoms with Crippen molar-refractivity contribution < 1.29 is 17.6 Å². The van der Waals surface area contributed by atoms with Gasteiger partial charge < -0.3 is 9.73 Å².